The lowest BCUT2D eigenvalue weighted by atomic mass is 10.1. The van der Waals surface area contributed by atoms with Crippen molar-refractivity contribution in [2.45, 2.75) is 40.0 Å². The number of fused-ring (bicyclic) bond motifs is 1. The molecule has 0 saturated carbocycles. The summed E-state index contributed by atoms with van der Waals surface area (Å²) in [5.41, 5.74) is 4.67. The van der Waals surface area contributed by atoms with Crippen LogP contribution in [0.4, 0.5) is 0 Å². The third-order valence-corrected chi connectivity index (χ3v) is 5.40. The van der Waals surface area contributed by atoms with E-state index in [1.54, 1.807) is 11.3 Å². The average molecular weight is 352 g/mol. The Kier molecular flexibility index (Phi) is 4.09. The van der Waals surface area contributed by atoms with Crippen LogP contribution >= 0.6 is 11.3 Å². The maximum atomic E-state index is 4.72. The lowest BCUT2D eigenvalue weighted by Gasteiger charge is -2.04. The van der Waals surface area contributed by atoms with E-state index in [2.05, 4.69) is 48.2 Å². The number of hydrogen-bond acceptors (Lipinski definition) is 5. The molecule has 0 atom stereocenters. The molecule has 0 aliphatic carbocycles. The molecule has 0 spiro atoms. The number of aromatic nitrogens is 6. The fourth-order valence-electron chi connectivity index (χ4n) is 3.11. The van der Waals surface area contributed by atoms with Crippen molar-refractivity contribution in [1.82, 2.24) is 29.6 Å². The van der Waals surface area contributed by atoms with Crippen LogP contribution in [0.3, 0.4) is 0 Å². The predicted molar refractivity (Wildman–Crippen MR) is 98.5 cm³/mol. The summed E-state index contributed by atoms with van der Waals surface area (Å²) >= 11 is 1.62. The fourth-order valence-corrected chi connectivity index (χ4v) is 3.96. The van der Waals surface area contributed by atoms with Gasteiger partial charge in [0.25, 0.3) is 0 Å². The van der Waals surface area contributed by atoms with Crippen molar-refractivity contribution < 1.29 is 0 Å². The highest BCUT2D eigenvalue weighted by Crippen LogP contribution is 2.21. The topological polar surface area (TPSA) is 60.9 Å². The molecule has 0 saturated heterocycles. The molecule has 3 aromatic heterocycles. The molecular formula is C18H20N6S. The first-order valence-corrected chi connectivity index (χ1v) is 9.29. The first kappa shape index (κ1) is 16.0. The van der Waals surface area contributed by atoms with Gasteiger partial charge in [-0.2, -0.15) is 14.7 Å². The van der Waals surface area contributed by atoms with Gasteiger partial charge in [-0.15, -0.1) is 10.2 Å². The third-order valence-electron chi connectivity index (χ3n) is 4.44. The van der Waals surface area contributed by atoms with E-state index in [0.717, 1.165) is 46.4 Å². The van der Waals surface area contributed by atoms with Crippen molar-refractivity contribution in [2.24, 2.45) is 0 Å². The van der Waals surface area contributed by atoms with Crippen LogP contribution in [0.25, 0.3) is 10.6 Å². The van der Waals surface area contributed by atoms with Crippen LogP contribution in [0.1, 0.15) is 34.7 Å². The highest BCUT2D eigenvalue weighted by atomic mass is 32.1. The van der Waals surface area contributed by atoms with Crippen molar-refractivity contribution in [3.8, 4) is 5.69 Å². The predicted octanol–water partition coefficient (Wildman–Crippen LogP) is 3.34. The van der Waals surface area contributed by atoms with Crippen molar-refractivity contribution in [2.75, 3.05) is 0 Å². The minimum Gasteiger partial charge on any atom is -0.238 e. The summed E-state index contributed by atoms with van der Waals surface area (Å²) in [6.45, 7) is 6.28. The van der Waals surface area contributed by atoms with Crippen LogP contribution in [0.5, 0.6) is 0 Å². The molecule has 0 bridgehead atoms. The van der Waals surface area contributed by atoms with Gasteiger partial charge in [0.1, 0.15) is 5.01 Å². The van der Waals surface area contributed by atoms with Gasteiger partial charge in [-0.1, -0.05) is 36.5 Å². The average Bonchev–Trinajstić information content (AvgIpc) is 3.27. The van der Waals surface area contributed by atoms with E-state index in [9.17, 15) is 0 Å². The number of aryl methyl sites for hydroxylation is 3. The number of para-hydroxylation sites is 1. The van der Waals surface area contributed by atoms with E-state index in [-0.39, 0.29) is 0 Å². The minimum absolute atomic E-state index is 0.840. The molecule has 4 aromatic rings. The molecule has 0 unspecified atom stereocenters. The van der Waals surface area contributed by atoms with E-state index in [4.69, 9.17) is 5.10 Å². The largest absolute Gasteiger partial charge is 0.238 e. The lowest BCUT2D eigenvalue weighted by molar-refractivity contribution is 0.797. The second-order valence-corrected chi connectivity index (χ2v) is 7.10. The van der Waals surface area contributed by atoms with E-state index in [1.165, 1.54) is 11.3 Å². The molecule has 0 radical (unpaired) electrons. The van der Waals surface area contributed by atoms with E-state index >= 15 is 0 Å². The van der Waals surface area contributed by atoms with Gasteiger partial charge in [-0.25, -0.2) is 4.68 Å². The summed E-state index contributed by atoms with van der Waals surface area (Å²) < 4.78 is 3.89. The van der Waals surface area contributed by atoms with Crippen molar-refractivity contribution in [1.29, 1.82) is 0 Å². The van der Waals surface area contributed by atoms with Crippen LogP contribution in [0.2, 0.25) is 0 Å². The zero-order chi connectivity index (χ0) is 17.4. The zero-order valence-electron chi connectivity index (χ0n) is 14.6. The summed E-state index contributed by atoms with van der Waals surface area (Å²) in [7, 11) is 0. The minimum atomic E-state index is 0.840. The molecule has 4 rings (SSSR count). The Morgan fingerprint density at radius 2 is 1.80 bits per heavy atom. The van der Waals surface area contributed by atoms with Crippen LogP contribution < -0.4 is 0 Å². The maximum absolute atomic E-state index is 4.72. The Morgan fingerprint density at radius 3 is 2.56 bits per heavy atom. The van der Waals surface area contributed by atoms with Crippen LogP contribution in [0.15, 0.2) is 30.3 Å². The number of hydrogen-bond donors (Lipinski definition) is 0. The second kappa shape index (κ2) is 6.40. The SMILES string of the molecule is CCc1nnc2sc(CCc3c(C)nn(-c4ccccc4)c3C)nn12. The molecule has 0 aliphatic heterocycles. The highest BCUT2D eigenvalue weighted by Gasteiger charge is 2.15. The molecule has 7 heteroatoms. The molecule has 1 aromatic carbocycles. The third kappa shape index (κ3) is 2.84. The zero-order valence-corrected chi connectivity index (χ0v) is 15.4. The molecule has 6 nitrogen and oxygen atoms in total. The Morgan fingerprint density at radius 1 is 1.00 bits per heavy atom. The maximum Gasteiger partial charge on any atom is 0.234 e. The molecule has 3 heterocycles. The van der Waals surface area contributed by atoms with Gasteiger partial charge >= 0.3 is 0 Å². The van der Waals surface area contributed by atoms with Gasteiger partial charge in [0.15, 0.2) is 5.82 Å². The summed E-state index contributed by atoms with van der Waals surface area (Å²) in [5.74, 6) is 0.918. The van der Waals surface area contributed by atoms with Crippen molar-refractivity contribution >= 4 is 16.3 Å². The molecule has 0 fully saturated rings. The summed E-state index contributed by atoms with van der Waals surface area (Å²) in [6, 6.07) is 10.3. The molecule has 0 aliphatic rings. The van der Waals surface area contributed by atoms with Crippen LogP contribution in [-0.4, -0.2) is 29.6 Å². The van der Waals surface area contributed by atoms with Crippen LogP contribution in [0, 0.1) is 13.8 Å². The first-order valence-electron chi connectivity index (χ1n) is 8.48. The van der Waals surface area contributed by atoms with E-state index in [1.807, 2.05) is 27.4 Å². The lowest BCUT2D eigenvalue weighted by Crippen LogP contribution is -2.00. The second-order valence-electron chi connectivity index (χ2n) is 6.06. The number of nitrogens with zero attached hydrogens (tertiary/aromatic N) is 6. The Labute approximate surface area is 150 Å². The highest BCUT2D eigenvalue weighted by molar-refractivity contribution is 7.16. The fraction of sp³-hybridized carbons (Fsp3) is 0.333. The van der Waals surface area contributed by atoms with Gasteiger partial charge in [0.2, 0.25) is 4.96 Å². The van der Waals surface area contributed by atoms with Crippen molar-refractivity contribution in [3.05, 3.63) is 58.1 Å². The summed E-state index contributed by atoms with van der Waals surface area (Å²) in [4.78, 5) is 0.875. The summed E-state index contributed by atoms with van der Waals surface area (Å²) in [6.07, 6.45) is 2.65. The quantitative estimate of drug-likeness (QED) is 0.553. The van der Waals surface area contributed by atoms with Crippen LogP contribution in [-0.2, 0) is 19.3 Å². The number of rotatable bonds is 5. The van der Waals surface area contributed by atoms with Gasteiger partial charge in [0, 0.05) is 18.5 Å². The standard InChI is InChI=1S/C18H20N6S/c1-4-16-19-20-18-24(16)22-17(25-18)11-10-15-12(2)21-23(13(15)3)14-8-6-5-7-9-14/h5-9H,4,10-11H2,1-3H3. The number of benzene rings is 1. The molecule has 0 N–H and O–H groups in total. The van der Waals surface area contributed by atoms with Gasteiger partial charge < -0.3 is 0 Å². The van der Waals surface area contributed by atoms with Gasteiger partial charge in [-0.3, -0.25) is 0 Å². The summed E-state index contributed by atoms with van der Waals surface area (Å²) in [5, 5.41) is 18.8. The van der Waals surface area contributed by atoms with Crippen molar-refractivity contribution in [3.63, 3.8) is 0 Å². The normalized spacial score (nSPS) is 11.5. The molecule has 128 valence electrons. The van der Waals surface area contributed by atoms with E-state index < -0.39 is 0 Å². The molecule has 25 heavy (non-hydrogen) atoms. The first-order chi connectivity index (χ1) is 12.2. The monoisotopic (exact) mass is 352 g/mol. The van der Waals surface area contributed by atoms with Gasteiger partial charge in [-0.05, 0) is 38.0 Å². The molecular weight excluding hydrogens is 332 g/mol. The van der Waals surface area contributed by atoms with Gasteiger partial charge in [0.05, 0.1) is 11.4 Å². The Hall–Kier alpha value is -2.54. The Balaban J connectivity index is 1.58. The van der Waals surface area contributed by atoms with E-state index in [0.29, 0.717) is 0 Å². The molecule has 0 amide bonds. The Bertz CT molecular complexity index is 1010. The smallest absolute Gasteiger partial charge is 0.234 e.